The molecule has 82 valence electrons. The molecule has 16 heavy (non-hydrogen) atoms. The molecule has 0 radical (unpaired) electrons. The molecule has 0 atom stereocenters. The van der Waals surface area contributed by atoms with E-state index in [4.69, 9.17) is 4.74 Å². The molecular weight excluding hydrogens is 332 g/mol. The van der Waals surface area contributed by atoms with Crippen LogP contribution in [0.5, 0.6) is 5.75 Å². The monoisotopic (exact) mass is 340 g/mol. The first-order valence-corrected chi connectivity index (χ1v) is 6.46. The number of halogens is 2. The van der Waals surface area contributed by atoms with Crippen molar-refractivity contribution >= 4 is 31.9 Å². The zero-order valence-electron chi connectivity index (χ0n) is 8.49. The molecule has 0 amide bonds. The predicted molar refractivity (Wildman–Crippen MR) is 72.6 cm³/mol. The average molecular weight is 342 g/mol. The van der Waals surface area contributed by atoms with Crippen LogP contribution in [0.4, 0.5) is 0 Å². The van der Waals surface area contributed by atoms with Crippen LogP contribution < -0.4 is 4.74 Å². The van der Waals surface area contributed by atoms with Gasteiger partial charge in [-0.2, -0.15) is 0 Å². The van der Waals surface area contributed by atoms with Gasteiger partial charge in [-0.25, -0.2) is 0 Å². The van der Waals surface area contributed by atoms with Gasteiger partial charge in [-0.05, 0) is 39.7 Å². The summed E-state index contributed by atoms with van der Waals surface area (Å²) in [6.45, 7) is 0.579. The van der Waals surface area contributed by atoms with Gasteiger partial charge in [-0.15, -0.1) is 0 Å². The van der Waals surface area contributed by atoms with Crippen molar-refractivity contribution in [2.24, 2.45) is 0 Å². The predicted octanol–water partition coefficient (Wildman–Crippen LogP) is 4.79. The number of hydrogen-bond donors (Lipinski definition) is 0. The summed E-state index contributed by atoms with van der Waals surface area (Å²) in [5.74, 6) is 0.846. The first-order valence-electron chi connectivity index (χ1n) is 4.87. The van der Waals surface area contributed by atoms with Crippen LogP contribution in [0, 0.1) is 0 Å². The van der Waals surface area contributed by atoms with Gasteiger partial charge >= 0.3 is 0 Å². The topological polar surface area (TPSA) is 9.23 Å². The normalized spacial score (nSPS) is 10.1. The Morgan fingerprint density at radius 3 is 2.44 bits per heavy atom. The molecule has 2 aromatic carbocycles. The van der Waals surface area contributed by atoms with Crippen LogP contribution in [0.1, 0.15) is 5.56 Å². The van der Waals surface area contributed by atoms with Crippen LogP contribution >= 0.6 is 31.9 Å². The Balaban J connectivity index is 2.08. The SMILES string of the molecule is Brc1ccc(Br)c(OCc2ccccc2)c1. The van der Waals surface area contributed by atoms with E-state index in [-0.39, 0.29) is 0 Å². The number of benzene rings is 2. The fraction of sp³-hybridized carbons (Fsp3) is 0.0769. The van der Waals surface area contributed by atoms with E-state index >= 15 is 0 Å². The minimum atomic E-state index is 0.579. The minimum Gasteiger partial charge on any atom is -0.488 e. The third kappa shape index (κ3) is 3.09. The Kier molecular flexibility index (Phi) is 4.02. The van der Waals surface area contributed by atoms with Crippen LogP contribution in [-0.2, 0) is 6.61 Å². The van der Waals surface area contributed by atoms with Gasteiger partial charge in [0.25, 0.3) is 0 Å². The van der Waals surface area contributed by atoms with E-state index in [1.165, 1.54) is 0 Å². The molecule has 0 N–H and O–H groups in total. The van der Waals surface area contributed by atoms with Gasteiger partial charge in [0.1, 0.15) is 12.4 Å². The first kappa shape index (κ1) is 11.7. The van der Waals surface area contributed by atoms with E-state index in [0.29, 0.717) is 6.61 Å². The van der Waals surface area contributed by atoms with Gasteiger partial charge in [0.15, 0.2) is 0 Å². The molecule has 0 saturated heterocycles. The molecule has 1 nitrogen and oxygen atoms in total. The zero-order valence-corrected chi connectivity index (χ0v) is 11.7. The number of ether oxygens (including phenoxy) is 1. The largest absolute Gasteiger partial charge is 0.488 e. The lowest BCUT2D eigenvalue weighted by Crippen LogP contribution is -1.95. The van der Waals surface area contributed by atoms with Gasteiger partial charge < -0.3 is 4.74 Å². The average Bonchev–Trinajstić information content (AvgIpc) is 2.32. The van der Waals surface area contributed by atoms with E-state index in [1.54, 1.807) is 0 Å². The minimum absolute atomic E-state index is 0.579. The summed E-state index contributed by atoms with van der Waals surface area (Å²) in [5.41, 5.74) is 1.16. The van der Waals surface area contributed by atoms with Crippen LogP contribution in [-0.4, -0.2) is 0 Å². The molecule has 0 spiro atoms. The molecule has 2 rings (SSSR count). The molecule has 0 saturated carbocycles. The van der Waals surface area contributed by atoms with Crippen molar-refractivity contribution in [3.05, 3.63) is 63.0 Å². The quantitative estimate of drug-likeness (QED) is 0.779. The Hall–Kier alpha value is -0.800. The Morgan fingerprint density at radius 2 is 1.69 bits per heavy atom. The Bertz CT molecular complexity index is 469. The van der Waals surface area contributed by atoms with E-state index in [9.17, 15) is 0 Å². The lowest BCUT2D eigenvalue weighted by atomic mass is 10.2. The molecule has 2 aromatic rings. The van der Waals surface area contributed by atoms with Crippen molar-refractivity contribution in [1.29, 1.82) is 0 Å². The van der Waals surface area contributed by atoms with Crippen LogP contribution in [0.3, 0.4) is 0 Å². The van der Waals surface area contributed by atoms with Crippen LogP contribution in [0.2, 0.25) is 0 Å². The van der Waals surface area contributed by atoms with Crippen molar-refractivity contribution in [3.63, 3.8) is 0 Å². The number of hydrogen-bond acceptors (Lipinski definition) is 1. The van der Waals surface area contributed by atoms with Gasteiger partial charge in [0, 0.05) is 4.47 Å². The third-order valence-corrected chi connectivity index (χ3v) is 3.28. The van der Waals surface area contributed by atoms with Crippen molar-refractivity contribution in [3.8, 4) is 5.75 Å². The standard InChI is InChI=1S/C13H10Br2O/c14-11-6-7-12(15)13(8-11)16-9-10-4-2-1-3-5-10/h1-8H,9H2. The van der Waals surface area contributed by atoms with Gasteiger partial charge in [0.2, 0.25) is 0 Å². The second-order valence-electron chi connectivity index (χ2n) is 3.35. The maximum Gasteiger partial charge on any atom is 0.135 e. The maximum absolute atomic E-state index is 5.73. The summed E-state index contributed by atoms with van der Waals surface area (Å²) in [5, 5.41) is 0. The lowest BCUT2D eigenvalue weighted by Gasteiger charge is -2.08. The smallest absolute Gasteiger partial charge is 0.135 e. The highest BCUT2D eigenvalue weighted by atomic mass is 79.9. The second-order valence-corrected chi connectivity index (χ2v) is 5.12. The Labute approximate surface area is 112 Å². The molecule has 0 aliphatic heterocycles. The molecule has 3 heteroatoms. The van der Waals surface area contributed by atoms with E-state index in [1.807, 2.05) is 48.5 Å². The van der Waals surface area contributed by atoms with Gasteiger partial charge in [-0.3, -0.25) is 0 Å². The Morgan fingerprint density at radius 1 is 0.938 bits per heavy atom. The summed E-state index contributed by atoms with van der Waals surface area (Å²) in [7, 11) is 0. The molecular formula is C13H10Br2O. The highest BCUT2D eigenvalue weighted by molar-refractivity contribution is 9.11. The fourth-order valence-electron chi connectivity index (χ4n) is 1.32. The zero-order chi connectivity index (χ0) is 11.4. The molecule has 0 bridgehead atoms. The highest BCUT2D eigenvalue weighted by Gasteiger charge is 2.01. The van der Waals surface area contributed by atoms with Gasteiger partial charge in [0.05, 0.1) is 4.47 Å². The van der Waals surface area contributed by atoms with E-state index in [2.05, 4.69) is 31.9 Å². The summed E-state index contributed by atoms with van der Waals surface area (Å²) in [4.78, 5) is 0. The van der Waals surface area contributed by atoms with Crippen molar-refractivity contribution in [2.75, 3.05) is 0 Å². The van der Waals surface area contributed by atoms with Crippen molar-refractivity contribution < 1.29 is 4.74 Å². The van der Waals surface area contributed by atoms with Gasteiger partial charge in [-0.1, -0.05) is 46.3 Å². The summed E-state index contributed by atoms with van der Waals surface area (Å²) < 4.78 is 7.70. The summed E-state index contributed by atoms with van der Waals surface area (Å²) in [6, 6.07) is 16.0. The molecule has 0 unspecified atom stereocenters. The number of rotatable bonds is 3. The van der Waals surface area contributed by atoms with E-state index < -0.39 is 0 Å². The van der Waals surface area contributed by atoms with Crippen LogP contribution in [0.15, 0.2) is 57.5 Å². The molecule has 0 fully saturated rings. The third-order valence-electron chi connectivity index (χ3n) is 2.13. The lowest BCUT2D eigenvalue weighted by molar-refractivity contribution is 0.304. The molecule has 0 aliphatic carbocycles. The fourth-order valence-corrected chi connectivity index (χ4v) is 2.02. The first-order chi connectivity index (χ1) is 7.75. The molecule has 0 aliphatic rings. The summed E-state index contributed by atoms with van der Waals surface area (Å²) in [6.07, 6.45) is 0. The maximum atomic E-state index is 5.73. The summed E-state index contributed by atoms with van der Waals surface area (Å²) >= 11 is 6.88. The second kappa shape index (κ2) is 5.51. The van der Waals surface area contributed by atoms with Crippen molar-refractivity contribution in [2.45, 2.75) is 6.61 Å². The van der Waals surface area contributed by atoms with Crippen molar-refractivity contribution in [1.82, 2.24) is 0 Å². The molecule has 0 aromatic heterocycles. The van der Waals surface area contributed by atoms with E-state index in [0.717, 1.165) is 20.3 Å². The van der Waals surface area contributed by atoms with Crippen LogP contribution in [0.25, 0.3) is 0 Å². The molecule has 0 heterocycles. The highest BCUT2D eigenvalue weighted by Crippen LogP contribution is 2.28.